The standard InChI is InChI=1S/C38H72N2O10/c1-5-9-11-13-15-17-21-33(23-19-25-35(41)42)49-37(45)47-31-29-40(28-27-39(7-3)8-4)30-32-48-38(46)50-34(24-20-26-36(43)44)22-18-16-14-12-10-6-2/h33-34H,5-32H2,1-4H3,(H,41,42)(H,43,44). The second-order valence-corrected chi connectivity index (χ2v) is 13.2. The van der Waals surface area contributed by atoms with Gasteiger partial charge in [-0.25, -0.2) is 9.59 Å². The molecular weight excluding hydrogens is 644 g/mol. The van der Waals surface area contributed by atoms with Crippen LogP contribution in [-0.2, 0) is 28.5 Å². The topological polar surface area (TPSA) is 152 Å². The van der Waals surface area contributed by atoms with E-state index in [9.17, 15) is 19.2 Å². The summed E-state index contributed by atoms with van der Waals surface area (Å²) in [4.78, 5) is 51.6. The average molecular weight is 717 g/mol. The highest BCUT2D eigenvalue weighted by molar-refractivity contribution is 5.67. The average Bonchev–Trinajstić information content (AvgIpc) is 3.07. The number of carboxylic acids is 2. The summed E-state index contributed by atoms with van der Waals surface area (Å²) in [7, 11) is 0. The van der Waals surface area contributed by atoms with Crippen LogP contribution in [0, 0.1) is 0 Å². The van der Waals surface area contributed by atoms with Crippen molar-refractivity contribution in [3.63, 3.8) is 0 Å². The normalized spacial score (nSPS) is 12.5. The lowest BCUT2D eigenvalue weighted by molar-refractivity contribution is -0.138. The third kappa shape index (κ3) is 30.2. The lowest BCUT2D eigenvalue weighted by Gasteiger charge is -2.26. The zero-order chi connectivity index (χ0) is 37.2. The van der Waals surface area contributed by atoms with Crippen molar-refractivity contribution in [2.75, 3.05) is 52.5 Å². The molecule has 2 unspecified atom stereocenters. The summed E-state index contributed by atoms with van der Waals surface area (Å²) in [5.41, 5.74) is 0. The number of carbonyl (C=O) groups excluding carboxylic acids is 2. The van der Waals surface area contributed by atoms with Crippen LogP contribution in [0.5, 0.6) is 0 Å². The number of unbranched alkanes of at least 4 members (excludes halogenated alkanes) is 10. The van der Waals surface area contributed by atoms with Gasteiger partial charge in [0.15, 0.2) is 0 Å². The predicted molar refractivity (Wildman–Crippen MR) is 196 cm³/mol. The number of hydrogen-bond donors (Lipinski definition) is 2. The summed E-state index contributed by atoms with van der Waals surface area (Å²) in [6.45, 7) is 12.9. The first kappa shape index (κ1) is 47.4. The zero-order valence-electron chi connectivity index (χ0n) is 32.0. The highest BCUT2D eigenvalue weighted by atomic mass is 16.7. The van der Waals surface area contributed by atoms with E-state index in [-0.39, 0.29) is 38.3 Å². The molecule has 294 valence electrons. The molecule has 0 rings (SSSR count). The smallest absolute Gasteiger partial charge is 0.481 e. The van der Waals surface area contributed by atoms with E-state index in [1.54, 1.807) is 0 Å². The molecule has 0 fully saturated rings. The Morgan fingerprint density at radius 1 is 0.480 bits per heavy atom. The predicted octanol–water partition coefficient (Wildman–Crippen LogP) is 8.68. The van der Waals surface area contributed by atoms with Gasteiger partial charge in [0.1, 0.15) is 25.4 Å². The van der Waals surface area contributed by atoms with Crippen LogP contribution in [0.25, 0.3) is 0 Å². The third-order valence-electron chi connectivity index (χ3n) is 9.00. The molecule has 0 aliphatic rings. The maximum atomic E-state index is 12.6. The summed E-state index contributed by atoms with van der Waals surface area (Å²) in [6.07, 6.45) is 14.4. The first-order chi connectivity index (χ1) is 24.1. The largest absolute Gasteiger partial charge is 0.508 e. The first-order valence-corrected chi connectivity index (χ1v) is 19.7. The molecule has 0 aromatic rings. The van der Waals surface area contributed by atoms with Crippen molar-refractivity contribution in [1.29, 1.82) is 0 Å². The van der Waals surface area contributed by atoms with Crippen LogP contribution >= 0.6 is 0 Å². The molecule has 2 N–H and O–H groups in total. The van der Waals surface area contributed by atoms with E-state index in [1.807, 2.05) is 0 Å². The van der Waals surface area contributed by atoms with Crippen LogP contribution in [0.3, 0.4) is 0 Å². The number of carboxylic acid groups (broad SMARTS) is 2. The lowest BCUT2D eigenvalue weighted by atomic mass is 10.0. The molecule has 2 atom stereocenters. The van der Waals surface area contributed by atoms with Crippen molar-refractivity contribution in [3.05, 3.63) is 0 Å². The Morgan fingerprint density at radius 3 is 1.22 bits per heavy atom. The fourth-order valence-corrected chi connectivity index (χ4v) is 5.81. The molecule has 0 aromatic carbocycles. The van der Waals surface area contributed by atoms with Gasteiger partial charge in [-0.05, 0) is 64.5 Å². The van der Waals surface area contributed by atoms with E-state index in [0.29, 0.717) is 58.2 Å². The fourth-order valence-electron chi connectivity index (χ4n) is 5.81. The quantitative estimate of drug-likeness (QED) is 0.0477. The molecule has 0 aliphatic heterocycles. The SMILES string of the molecule is CCCCCCCCC(CCCC(=O)O)OC(=O)OCCN(CCOC(=O)OC(CCCCCCCC)CCCC(=O)O)CCN(CC)CC. The van der Waals surface area contributed by atoms with Crippen LogP contribution in [0.2, 0.25) is 0 Å². The van der Waals surface area contributed by atoms with E-state index in [2.05, 4.69) is 37.5 Å². The highest BCUT2D eigenvalue weighted by Gasteiger charge is 2.19. The Labute approximate surface area is 302 Å². The van der Waals surface area contributed by atoms with Gasteiger partial charge in [0.05, 0.1) is 0 Å². The molecule has 0 aliphatic carbocycles. The minimum atomic E-state index is -0.864. The summed E-state index contributed by atoms with van der Waals surface area (Å²) in [5.74, 6) is -1.73. The maximum Gasteiger partial charge on any atom is 0.508 e. The van der Waals surface area contributed by atoms with Gasteiger partial charge >= 0.3 is 24.2 Å². The fraction of sp³-hybridized carbons (Fsp3) is 0.895. The minimum Gasteiger partial charge on any atom is -0.481 e. The molecule has 0 heterocycles. The van der Waals surface area contributed by atoms with Crippen LogP contribution in [0.4, 0.5) is 9.59 Å². The zero-order valence-corrected chi connectivity index (χ0v) is 32.0. The lowest BCUT2D eigenvalue weighted by Crippen LogP contribution is -2.39. The van der Waals surface area contributed by atoms with Gasteiger partial charge in [0.2, 0.25) is 0 Å². The highest BCUT2D eigenvalue weighted by Crippen LogP contribution is 2.17. The van der Waals surface area contributed by atoms with Gasteiger partial charge in [0.25, 0.3) is 0 Å². The molecule has 0 aromatic heterocycles. The summed E-state index contributed by atoms with van der Waals surface area (Å²) in [5, 5.41) is 18.1. The molecule has 0 spiro atoms. The van der Waals surface area contributed by atoms with Gasteiger partial charge in [-0.3, -0.25) is 14.5 Å². The molecular formula is C38H72N2O10. The van der Waals surface area contributed by atoms with Crippen molar-refractivity contribution < 1.29 is 48.3 Å². The van der Waals surface area contributed by atoms with E-state index >= 15 is 0 Å². The van der Waals surface area contributed by atoms with Crippen molar-refractivity contribution in [2.24, 2.45) is 0 Å². The van der Waals surface area contributed by atoms with Crippen LogP contribution in [-0.4, -0.2) is 109 Å². The van der Waals surface area contributed by atoms with Crippen molar-refractivity contribution in [2.45, 2.75) is 168 Å². The molecule has 0 amide bonds. The van der Waals surface area contributed by atoms with Crippen molar-refractivity contribution >= 4 is 24.2 Å². The van der Waals surface area contributed by atoms with Gasteiger partial charge in [0, 0.05) is 39.0 Å². The Kier molecular flexibility index (Phi) is 31.8. The van der Waals surface area contributed by atoms with E-state index in [1.165, 1.54) is 38.5 Å². The van der Waals surface area contributed by atoms with E-state index < -0.39 is 24.2 Å². The second kappa shape index (κ2) is 33.5. The monoisotopic (exact) mass is 717 g/mol. The summed E-state index contributed by atoms with van der Waals surface area (Å²) < 4.78 is 22.1. The molecule has 0 radical (unpaired) electrons. The van der Waals surface area contributed by atoms with Crippen LogP contribution < -0.4 is 0 Å². The maximum absolute atomic E-state index is 12.6. The number of nitrogens with zero attached hydrogens (tertiary/aromatic N) is 2. The minimum absolute atomic E-state index is 0.0347. The number of hydrogen-bond acceptors (Lipinski definition) is 10. The number of rotatable bonds is 35. The number of ether oxygens (including phenoxy) is 4. The number of aliphatic carboxylic acids is 2. The Morgan fingerprint density at radius 2 is 0.840 bits per heavy atom. The Bertz CT molecular complexity index is 795. The summed E-state index contributed by atoms with van der Waals surface area (Å²) >= 11 is 0. The molecule has 50 heavy (non-hydrogen) atoms. The van der Waals surface area contributed by atoms with Gasteiger partial charge in [-0.15, -0.1) is 0 Å². The molecule has 12 nitrogen and oxygen atoms in total. The molecule has 0 bridgehead atoms. The number of carbonyl (C=O) groups is 4. The summed E-state index contributed by atoms with van der Waals surface area (Å²) in [6, 6.07) is 0. The van der Waals surface area contributed by atoms with Gasteiger partial charge < -0.3 is 34.1 Å². The van der Waals surface area contributed by atoms with E-state index in [0.717, 1.165) is 58.2 Å². The van der Waals surface area contributed by atoms with Crippen LogP contribution in [0.15, 0.2) is 0 Å². The Hall–Kier alpha value is -2.60. The third-order valence-corrected chi connectivity index (χ3v) is 9.00. The van der Waals surface area contributed by atoms with Crippen molar-refractivity contribution in [3.8, 4) is 0 Å². The van der Waals surface area contributed by atoms with Crippen LogP contribution in [0.1, 0.15) is 156 Å². The van der Waals surface area contributed by atoms with Gasteiger partial charge in [-0.1, -0.05) is 91.9 Å². The number of likely N-dealkylation sites (N-methyl/N-ethyl adjacent to an activating group) is 1. The van der Waals surface area contributed by atoms with Gasteiger partial charge in [-0.2, -0.15) is 0 Å². The van der Waals surface area contributed by atoms with E-state index in [4.69, 9.17) is 29.2 Å². The second-order valence-electron chi connectivity index (χ2n) is 13.2. The molecule has 0 saturated carbocycles. The molecule has 0 saturated heterocycles. The first-order valence-electron chi connectivity index (χ1n) is 19.7. The van der Waals surface area contributed by atoms with Crippen molar-refractivity contribution in [1.82, 2.24) is 9.80 Å². The Balaban J connectivity index is 4.95. The molecule has 12 heteroatoms.